The van der Waals surface area contributed by atoms with Gasteiger partial charge in [0.25, 0.3) is 0 Å². The van der Waals surface area contributed by atoms with E-state index < -0.39 is 0 Å². The summed E-state index contributed by atoms with van der Waals surface area (Å²) in [7, 11) is 0. The zero-order valence-corrected chi connectivity index (χ0v) is 13.4. The van der Waals surface area contributed by atoms with Gasteiger partial charge in [-0.1, -0.05) is 5.23 Å². The predicted molar refractivity (Wildman–Crippen MR) is 81.2 cm³/mol. The van der Waals surface area contributed by atoms with Crippen LogP contribution in [0.25, 0.3) is 0 Å². The molecule has 4 unspecified atom stereocenters. The maximum atomic E-state index is 9.56. The zero-order chi connectivity index (χ0) is 14.4. The van der Waals surface area contributed by atoms with Gasteiger partial charge in [0.1, 0.15) is 0 Å². The zero-order valence-electron chi connectivity index (χ0n) is 12.5. The molecule has 4 atom stereocenters. The first kappa shape index (κ1) is 17.2. The molecule has 0 aromatic heterocycles. The number of hydrogen-bond acceptors (Lipinski definition) is 5. The summed E-state index contributed by atoms with van der Waals surface area (Å²) in [6.07, 6.45) is 5.62. The molecule has 1 aliphatic rings. The maximum Gasteiger partial charge on any atom is 0.0740 e. The van der Waals surface area contributed by atoms with Gasteiger partial charge in [-0.2, -0.15) is 12.6 Å². The molecule has 0 heterocycles. The number of rotatable bonds is 5. The van der Waals surface area contributed by atoms with Gasteiger partial charge in [-0.05, 0) is 64.7 Å². The van der Waals surface area contributed by atoms with Gasteiger partial charge in [0.15, 0.2) is 0 Å². The molecule has 3 N–H and O–H groups in total. The molecule has 5 heteroatoms. The Morgan fingerprint density at radius 2 is 1.89 bits per heavy atom. The molecule has 1 rings (SSSR count). The highest BCUT2D eigenvalue weighted by atomic mass is 32.1. The molecule has 0 amide bonds. The lowest BCUT2D eigenvalue weighted by Crippen LogP contribution is -2.33. The summed E-state index contributed by atoms with van der Waals surface area (Å²) in [6, 6.07) is 0.238. The van der Waals surface area contributed by atoms with E-state index in [0.29, 0.717) is 23.7 Å². The second-order valence-corrected chi connectivity index (χ2v) is 6.95. The Bertz CT molecular complexity index is 250. The van der Waals surface area contributed by atoms with E-state index in [0.717, 1.165) is 30.9 Å². The van der Waals surface area contributed by atoms with Crippen LogP contribution in [0.5, 0.6) is 0 Å². The smallest absolute Gasteiger partial charge is 0.0740 e. The summed E-state index contributed by atoms with van der Waals surface area (Å²) in [6.45, 7) is 6.45. The van der Waals surface area contributed by atoms with Crippen molar-refractivity contribution in [3.05, 3.63) is 0 Å². The molecule has 4 nitrogen and oxygen atoms in total. The van der Waals surface area contributed by atoms with E-state index in [1.807, 2.05) is 13.8 Å². The average Bonchev–Trinajstić information content (AvgIpc) is 2.31. The molecule has 0 saturated heterocycles. The van der Waals surface area contributed by atoms with Crippen molar-refractivity contribution in [2.24, 2.45) is 17.6 Å². The first-order chi connectivity index (χ1) is 8.90. The summed E-state index contributed by atoms with van der Waals surface area (Å²) >= 11 is 4.66. The Labute approximate surface area is 123 Å². The van der Waals surface area contributed by atoms with Crippen LogP contribution >= 0.6 is 12.6 Å². The highest BCUT2D eigenvalue weighted by molar-refractivity contribution is 7.80. The van der Waals surface area contributed by atoms with Crippen LogP contribution in [-0.4, -0.2) is 34.4 Å². The third-order valence-electron chi connectivity index (χ3n) is 4.05. The van der Waals surface area contributed by atoms with Gasteiger partial charge in [-0.3, -0.25) is 10.0 Å². The minimum absolute atomic E-state index is 0.0165. The number of hydroxylamine groups is 2. The van der Waals surface area contributed by atoms with Crippen LogP contribution < -0.4 is 5.73 Å². The van der Waals surface area contributed by atoms with Crippen LogP contribution in [0.1, 0.15) is 52.9 Å². The second kappa shape index (κ2) is 8.47. The van der Waals surface area contributed by atoms with Crippen molar-refractivity contribution in [2.45, 2.75) is 70.2 Å². The van der Waals surface area contributed by atoms with Crippen molar-refractivity contribution in [3.8, 4) is 0 Å². The van der Waals surface area contributed by atoms with E-state index in [9.17, 15) is 5.21 Å². The number of nitrogens with zero attached hydrogens (tertiary/aromatic N) is 1. The molecular formula is C14H30N2O2S. The Morgan fingerprint density at radius 1 is 1.26 bits per heavy atom. The highest BCUT2D eigenvalue weighted by Crippen LogP contribution is 2.30. The fraction of sp³-hybridized carbons (Fsp3) is 1.00. The van der Waals surface area contributed by atoms with Gasteiger partial charge in [0.2, 0.25) is 0 Å². The van der Waals surface area contributed by atoms with Gasteiger partial charge in [0, 0.05) is 11.3 Å². The van der Waals surface area contributed by atoms with Crippen molar-refractivity contribution < 1.29 is 10.0 Å². The van der Waals surface area contributed by atoms with Gasteiger partial charge in [-0.15, -0.1) is 0 Å². The molecule has 0 spiro atoms. The minimum Gasteiger partial charge on any atom is -0.328 e. The van der Waals surface area contributed by atoms with Crippen molar-refractivity contribution in [3.63, 3.8) is 0 Å². The monoisotopic (exact) mass is 290 g/mol. The fourth-order valence-electron chi connectivity index (χ4n) is 2.63. The first-order valence-electron chi connectivity index (χ1n) is 7.44. The van der Waals surface area contributed by atoms with Gasteiger partial charge in [0.05, 0.1) is 12.6 Å². The summed E-state index contributed by atoms with van der Waals surface area (Å²) in [5.74, 6) is 1.05. The lowest BCUT2D eigenvalue weighted by atomic mass is 9.82. The summed E-state index contributed by atoms with van der Waals surface area (Å²) in [5, 5.41) is 10.9. The lowest BCUT2D eigenvalue weighted by molar-refractivity contribution is -0.361. The van der Waals surface area contributed by atoms with E-state index in [1.165, 1.54) is 6.42 Å². The van der Waals surface area contributed by atoms with E-state index in [-0.39, 0.29) is 12.1 Å². The van der Waals surface area contributed by atoms with Gasteiger partial charge in [-0.25, -0.2) is 0 Å². The third kappa shape index (κ3) is 6.45. The third-order valence-corrected chi connectivity index (χ3v) is 4.52. The molecule has 114 valence electrons. The van der Waals surface area contributed by atoms with Crippen molar-refractivity contribution in [1.82, 2.24) is 5.23 Å². The number of nitrogens with two attached hydrogens (primary N) is 1. The van der Waals surface area contributed by atoms with E-state index in [1.54, 1.807) is 0 Å². The first-order valence-corrected chi connectivity index (χ1v) is 7.96. The van der Waals surface area contributed by atoms with E-state index in [4.69, 9.17) is 10.6 Å². The number of hydrogen-bond donors (Lipinski definition) is 3. The molecular weight excluding hydrogens is 260 g/mol. The minimum atomic E-state index is -0.0165. The SMILES string of the molecule is CC(N)C1CCC(S)CC(CON(O)C(C)C)CC1. The predicted octanol–water partition coefficient (Wildman–Crippen LogP) is 2.86. The number of thiol groups is 1. The summed E-state index contributed by atoms with van der Waals surface area (Å²) in [5.41, 5.74) is 6.04. The molecule has 1 fully saturated rings. The van der Waals surface area contributed by atoms with Crippen molar-refractivity contribution >= 4 is 12.6 Å². The molecule has 0 aromatic carbocycles. The molecule has 0 bridgehead atoms. The topological polar surface area (TPSA) is 58.7 Å². The standard InChI is InChI=1S/C14H30N2O2S/c1-10(2)16(17)18-9-12-4-5-13(11(3)15)6-7-14(19)8-12/h10-14,17,19H,4-9,15H2,1-3H3. The highest BCUT2D eigenvalue weighted by Gasteiger charge is 2.24. The van der Waals surface area contributed by atoms with Crippen molar-refractivity contribution in [1.29, 1.82) is 0 Å². The second-order valence-electron chi connectivity index (χ2n) is 6.22. The normalized spacial score (nSPS) is 31.3. The lowest BCUT2D eigenvalue weighted by Gasteiger charge is -2.30. The molecule has 19 heavy (non-hydrogen) atoms. The maximum absolute atomic E-state index is 9.56. The largest absolute Gasteiger partial charge is 0.328 e. The summed E-state index contributed by atoms with van der Waals surface area (Å²) in [4.78, 5) is 5.41. The van der Waals surface area contributed by atoms with Crippen LogP contribution in [0, 0.1) is 11.8 Å². The van der Waals surface area contributed by atoms with Crippen LogP contribution in [0.2, 0.25) is 0 Å². The van der Waals surface area contributed by atoms with Crippen LogP contribution in [0.15, 0.2) is 0 Å². The van der Waals surface area contributed by atoms with E-state index >= 15 is 0 Å². The molecule has 1 saturated carbocycles. The Balaban J connectivity index is 2.43. The molecule has 1 aliphatic carbocycles. The van der Waals surface area contributed by atoms with Crippen LogP contribution in [0.4, 0.5) is 0 Å². The van der Waals surface area contributed by atoms with Gasteiger partial charge >= 0.3 is 0 Å². The Hall–Kier alpha value is 0.190. The van der Waals surface area contributed by atoms with Gasteiger partial charge < -0.3 is 5.73 Å². The summed E-state index contributed by atoms with van der Waals surface area (Å²) < 4.78 is 0. The molecule has 0 radical (unpaired) electrons. The Kier molecular flexibility index (Phi) is 7.69. The average molecular weight is 290 g/mol. The molecule has 0 aliphatic heterocycles. The quantitative estimate of drug-likeness (QED) is 0.538. The van der Waals surface area contributed by atoms with Crippen molar-refractivity contribution in [2.75, 3.05) is 6.61 Å². The molecule has 0 aromatic rings. The van der Waals surface area contributed by atoms with E-state index in [2.05, 4.69) is 19.6 Å². The van der Waals surface area contributed by atoms with Crippen LogP contribution in [0.3, 0.4) is 0 Å². The van der Waals surface area contributed by atoms with Crippen LogP contribution in [-0.2, 0) is 4.84 Å². The fourth-order valence-corrected chi connectivity index (χ4v) is 3.08. The Morgan fingerprint density at radius 3 is 2.47 bits per heavy atom.